The molecule has 0 bridgehead atoms. The molecule has 0 amide bonds. The number of nitrogens with one attached hydrogen (secondary N) is 1. The molecule has 0 aromatic heterocycles. The van der Waals surface area contributed by atoms with Gasteiger partial charge in [-0.1, -0.05) is 12.1 Å². The van der Waals surface area contributed by atoms with E-state index in [2.05, 4.69) is 21.2 Å². The van der Waals surface area contributed by atoms with Crippen molar-refractivity contribution in [2.75, 3.05) is 19.7 Å². The number of hydrogen-bond donors (Lipinski definition) is 1. The van der Waals surface area contributed by atoms with Gasteiger partial charge in [0, 0.05) is 13.1 Å². The van der Waals surface area contributed by atoms with Crippen molar-refractivity contribution in [3.63, 3.8) is 0 Å². The molecule has 1 aromatic carbocycles. The number of morpholine rings is 1. The number of rotatable bonds is 1. The molecular formula is C10H11BrFNO. The van der Waals surface area contributed by atoms with Crippen LogP contribution < -0.4 is 5.32 Å². The van der Waals surface area contributed by atoms with Gasteiger partial charge >= 0.3 is 0 Å². The van der Waals surface area contributed by atoms with Crippen molar-refractivity contribution in [1.82, 2.24) is 5.32 Å². The summed E-state index contributed by atoms with van der Waals surface area (Å²) >= 11 is 3.23. The van der Waals surface area contributed by atoms with Crippen LogP contribution in [0.2, 0.25) is 0 Å². The predicted molar refractivity (Wildman–Crippen MR) is 55.7 cm³/mol. The lowest BCUT2D eigenvalue weighted by Crippen LogP contribution is -2.33. The maximum absolute atomic E-state index is 13.2. The first-order valence-electron chi connectivity index (χ1n) is 4.55. The SMILES string of the molecule is Fc1cccc(C2CNCCO2)c1Br. The van der Waals surface area contributed by atoms with Gasteiger partial charge in [0.15, 0.2) is 0 Å². The van der Waals surface area contributed by atoms with Crippen LogP contribution in [0, 0.1) is 5.82 Å². The molecule has 0 spiro atoms. The zero-order valence-electron chi connectivity index (χ0n) is 7.59. The van der Waals surface area contributed by atoms with Gasteiger partial charge in [0.1, 0.15) is 5.82 Å². The molecule has 1 unspecified atom stereocenters. The molecule has 1 N–H and O–H groups in total. The standard InChI is InChI=1S/C10H11BrFNO/c11-10-7(2-1-3-8(10)12)9-6-13-4-5-14-9/h1-3,9,13H,4-6H2. The summed E-state index contributed by atoms with van der Waals surface area (Å²) in [6, 6.07) is 5.02. The van der Waals surface area contributed by atoms with Gasteiger partial charge in [-0.3, -0.25) is 0 Å². The Morgan fingerprint density at radius 2 is 2.36 bits per heavy atom. The van der Waals surface area contributed by atoms with Crippen LogP contribution in [-0.4, -0.2) is 19.7 Å². The lowest BCUT2D eigenvalue weighted by atomic mass is 10.1. The number of benzene rings is 1. The van der Waals surface area contributed by atoms with Crippen LogP contribution in [0.4, 0.5) is 4.39 Å². The molecule has 1 aliphatic rings. The Bertz CT molecular complexity index is 326. The lowest BCUT2D eigenvalue weighted by Gasteiger charge is -2.24. The maximum Gasteiger partial charge on any atom is 0.137 e. The Kier molecular flexibility index (Phi) is 3.15. The first-order chi connectivity index (χ1) is 6.79. The van der Waals surface area contributed by atoms with E-state index < -0.39 is 0 Å². The van der Waals surface area contributed by atoms with Gasteiger partial charge in [0.05, 0.1) is 17.2 Å². The minimum atomic E-state index is -0.239. The molecule has 1 heterocycles. The van der Waals surface area contributed by atoms with Crippen molar-refractivity contribution in [3.05, 3.63) is 34.1 Å². The molecule has 1 aromatic rings. The number of halogens is 2. The van der Waals surface area contributed by atoms with Crippen molar-refractivity contribution < 1.29 is 9.13 Å². The molecule has 1 saturated heterocycles. The van der Waals surface area contributed by atoms with Gasteiger partial charge in [-0.15, -0.1) is 0 Å². The Balaban J connectivity index is 2.26. The quantitative estimate of drug-likeness (QED) is 0.836. The Morgan fingerprint density at radius 3 is 3.07 bits per heavy atom. The molecule has 0 aliphatic carbocycles. The molecule has 1 atom stereocenters. The molecule has 1 aliphatic heterocycles. The number of hydrogen-bond acceptors (Lipinski definition) is 2. The van der Waals surface area contributed by atoms with Crippen molar-refractivity contribution >= 4 is 15.9 Å². The van der Waals surface area contributed by atoms with Gasteiger partial charge in [-0.25, -0.2) is 4.39 Å². The maximum atomic E-state index is 13.2. The minimum absolute atomic E-state index is 0.0474. The van der Waals surface area contributed by atoms with Gasteiger partial charge in [0.2, 0.25) is 0 Å². The van der Waals surface area contributed by atoms with E-state index in [-0.39, 0.29) is 11.9 Å². The first kappa shape index (κ1) is 10.1. The van der Waals surface area contributed by atoms with Crippen LogP contribution in [0.15, 0.2) is 22.7 Å². The summed E-state index contributed by atoms with van der Waals surface area (Å²) < 4.78 is 19.3. The normalized spacial score (nSPS) is 22.3. The van der Waals surface area contributed by atoms with Crippen LogP contribution in [0.25, 0.3) is 0 Å². The van der Waals surface area contributed by atoms with Crippen LogP contribution in [-0.2, 0) is 4.74 Å². The van der Waals surface area contributed by atoms with E-state index in [0.717, 1.165) is 18.7 Å². The summed E-state index contributed by atoms with van der Waals surface area (Å²) in [5, 5.41) is 3.21. The molecule has 0 radical (unpaired) electrons. The van der Waals surface area contributed by atoms with E-state index in [1.807, 2.05) is 6.07 Å². The summed E-state index contributed by atoms with van der Waals surface area (Å²) in [5.41, 5.74) is 0.872. The highest BCUT2D eigenvalue weighted by Gasteiger charge is 2.19. The second-order valence-corrected chi connectivity index (χ2v) is 4.00. The summed E-state index contributed by atoms with van der Waals surface area (Å²) in [6.45, 7) is 2.28. The zero-order valence-corrected chi connectivity index (χ0v) is 9.18. The van der Waals surface area contributed by atoms with Gasteiger partial charge < -0.3 is 10.1 Å². The van der Waals surface area contributed by atoms with Gasteiger partial charge in [0.25, 0.3) is 0 Å². The van der Waals surface area contributed by atoms with E-state index in [4.69, 9.17) is 4.74 Å². The first-order valence-corrected chi connectivity index (χ1v) is 5.34. The fraction of sp³-hybridized carbons (Fsp3) is 0.400. The molecule has 2 rings (SSSR count). The summed E-state index contributed by atoms with van der Waals surface area (Å²) in [7, 11) is 0. The Morgan fingerprint density at radius 1 is 1.50 bits per heavy atom. The fourth-order valence-electron chi connectivity index (χ4n) is 1.53. The fourth-order valence-corrected chi connectivity index (χ4v) is 2.05. The van der Waals surface area contributed by atoms with Gasteiger partial charge in [-0.05, 0) is 27.6 Å². The Hall–Kier alpha value is -0.450. The summed E-state index contributed by atoms with van der Waals surface area (Å²) in [4.78, 5) is 0. The van der Waals surface area contributed by atoms with Crippen LogP contribution in [0.1, 0.15) is 11.7 Å². The average Bonchev–Trinajstić information content (AvgIpc) is 2.23. The van der Waals surface area contributed by atoms with E-state index in [9.17, 15) is 4.39 Å². The average molecular weight is 260 g/mol. The molecule has 1 fully saturated rings. The van der Waals surface area contributed by atoms with Gasteiger partial charge in [-0.2, -0.15) is 0 Å². The molecule has 4 heteroatoms. The Labute approximate surface area is 90.6 Å². The van der Waals surface area contributed by atoms with Crippen molar-refractivity contribution in [2.24, 2.45) is 0 Å². The van der Waals surface area contributed by atoms with Crippen molar-refractivity contribution in [2.45, 2.75) is 6.10 Å². The predicted octanol–water partition coefficient (Wildman–Crippen LogP) is 2.25. The van der Waals surface area contributed by atoms with Crippen LogP contribution >= 0.6 is 15.9 Å². The molecular weight excluding hydrogens is 249 g/mol. The summed E-state index contributed by atoms with van der Waals surface area (Å²) in [6.07, 6.45) is -0.0474. The third kappa shape index (κ3) is 1.97. The monoisotopic (exact) mass is 259 g/mol. The molecule has 0 saturated carbocycles. The molecule has 14 heavy (non-hydrogen) atoms. The lowest BCUT2D eigenvalue weighted by molar-refractivity contribution is 0.0270. The van der Waals surface area contributed by atoms with Crippen molar-refractivity contribution in [1.29, 1.82) is 0 Å². The van der Waals surface area contributed by atoms with E-state index in [0.29, 0.717) is 11.1 Å². The second-order valence-electron chi connectivity index (χ2n) is 3.21. The highest BCUT2D eigenvalue weighted by Crippen LogP contribution is 2.28. The molecule has 2 nitrogen and oxygen atoms in total. The van der Waals surface area contributed by atoms with Crippen LogP contribution in [0.3, 0.4) is 0 Å². The number of ether oxygens (including phenoxy) is 1. The molecule has 76 valence electrons. The second kappa shape index (κ2) is 4.38. The van der Waals surface area contributed by atoms with E-state index in [1.165, 1.54) is 6.07 Å². The zero-order chi connectivity index (χ0) is 9.97. The highest BCUT2D eigenvalue weighted by atomic mass is 79.9. The smallest absolute Gasteiger partial charge is 0.137 e. The van der Waals surface area contributed by atoms with Crippen LogP contribution in [0.5, 0.6) is 0 Å². The van der Waals surface area contributed by atoms with E-state index >= 15 is 0 Å². The topological polar surface area (TPSA) is 21.3 Å². The minimum Gasteiger partial charge on any atom is -0.371 e. The summed E-state index contributed by atoms with van der Waals surface area (Å²) in [5.74, 6) is -0.239. The third-order valence-electron chi connectivity index (χ3n) is 2.26. The highest BCUT2D eigenvalue weighted by molar-refractivity contribution is 9.10. The van der Waals surface area contributed by atoms with Crippen molar-refractivity contribution in [3.8, 4) is 0 Å². The van der Waals surface area contributed by atoms with E-state index in [1.54, 1.807) is 6.07 Å². The third-order valence-corrected chi connectivity index (χ3v) is 3.09. The largest absolute Gasteiger partial charge is 0.371 e.